The van der Waals surface area contributed by atoms with E-state index in [0.717, 1.165) is 5.75 Å². The topological polar surface area (TPSA) is 62.1 Å². The van der Waals surface area contributed by atoms with Crippen LogP contribution in [0, 0.1) is 11.3 Å². The largest absolute Gasteiger partial charge is 0.384 e. The number of rotatable bonds is 6. The maximum atomic E-state index is 11.9. The summed E-state index contributed by atoms with van der Waals surface area (Å²) in [5, 5.41) is 11.5. The van der Waals surface area contributed by atoms with E-state index < -0.39 is 0 Å². The molecule has 0 heterocycles. The highest BCUT2D eigenvalue weighted by Crippen LogP contribution is 2.17. The monoisotopic (exact) mass is 264 g/mol. The number of carbonyl (C=O) groups excluding carboxylic acids is 1. The number of anilines is 1. The van der Waals surface area contributed by atoms with Crippen LogP contribution in [0.3, 0.4) is 0 Å². The fourth-order valence-corrected chi connectivity index (χ4v) is 2.13. The van der Waals surface area contributed by atoms with Gasteiger partial charge >= 0.3 is 0 Å². The molecular weight excluding hydrogens is 248 g/mol. The lowest BCUT2D eigenvalue weighted by molar-refractivity contribution is -0.115. The molecule has 1 aromatic rings. The predicted octanol–water partition coefficient (Wildman–Crippen LogP) is 2.26. The molecule has 0 saturated heterocycles. The Balaban J connectivity index is 2.56. The van der Waals surface area contributed by atoms with E-state index in [1.165, 1.54) is 11.8 Å². The molecule has 4 nitrogen and oxygen atoms in total. The number of hydrogen-bond acceptors (Lipinski definition) is 4. The summed E-state index contributed by atoms with van der Waals surface area (Å²) < 4.78 is 4.93. The van der Waals surface area contributed by atoms with Crippen molar-refractivity contribution in [1.29, 1.82) is 5.26 Å². The molecule has 96 valence electrons. The molecule has 1 aromatic carbocycles. The molecule has 1 rings (SSSR count). The first-order chi connectivity index (χ1) is 8.69. The molecule has 0 bridgehead atoms. The molecule has 0 aromatic heterocycles. The molecule has 0 aliphatic rings. The Kier molecular flexibility index (Phi) is 6.26. The Bertz CT molecular complexity index is 443. The van der Waals surface area contributed by atoms with E-state index >= 15 is 0 Å². The summed E-state index contributed by atoms with van der Waals surface area (Å²) in [6.45, 7) is 2.46. The van der Waals surface area contributed by atoms with Gasteiger partial charge in [-0.05, 0) is 19.1 Å². The number of hydrogen-bond donors (Lipinski definition) is 1. The van der Waals surface area contributed by atoms with Gasteiger partial charge in [0.25, 0.3) is 0 Å². The van der Waals surface area contributed by atoms with Gasteiger partial charge in [0.1, 0.15) is 6.07 Å². The second-order valence-corrected chi connectivity index (χ2v) is 5.10. The molecule has 1 unspecified atom stereocenters. The fraction of sp³-hybridized carbons (Fsp3) is 0.385. The highest BCUT2D eigenvalue weighted by atomic mass is 32.2. The Morgan fingerprint density at radius 3 is 2.94 bits per heavy atom. The average molecular weight is 264 g/mol. The van der Waals surface area contributed by atoms with Crippen molar-refractivity contribution in [2.75, 3.05) is 24.8 Å². The van der Waals surface area contributed by atoms with Crippen molar-refractivity contribution in [3.05, 3.63) is 29.8 Å². The normalized spacial score (nSPS) is 11.6. The van der Waals surface area contributed by atoms with Crippen LogP contribution < -0.4 is 5.32 Å². The molecule has 5 heteroatoms. The number of thioether (sulfide) groups is 1. The Morgan fingerprint density at radius 1 is 1.56 bits per heavy atom. The van der Waals surface area contributed by atoms with Crippen LogP contribution in [-0.4, -0.2) is 30.6 Å². The first-order valence-electron chi connectivity index (χ1n) is 5.59. The number of nitrogens with one attached hydrogen (secondary N) is 1. The summed E-state index contributed by atoms with van der Waals surface area (Å²) in [7, 11) is 1.63. The number of amides is 1. The lowest BCUT2D eigenvalue weighted by Crippen LogP contribution is -2.23. The molecule has 0 aliphatic heterocycles. The van der Waals surface area contributed by atoms with Crippen molar-refractivity contribution < 1.29 is 9.53 Å². The molecule has 0 fully saturated rings. The standard InChI is InChI=1S/C13H16N2O2S/c1-10(18-8-7-17-2)13(16)15-12-6-4-3-5-11(12)9-14/h3-6,10H,7-8H2,1-2H3,(H,15,16). The predicted molar refractivity (Wildman–Crippen MR) is 73.6 cm³/mol. The third-order valence-corrected chi connectivity index (χ3v) is 3.45. The summed E-state index contributed by atoms with van der Waals surface area (Å²) >= 11 is 1.52. The average Bonchev–Trinajstić information content (AvgIpc) is 2.39. The zero-order chi connectivity index (χ0) is 13.4. The summed E-state index contributed by atoms with van der Waals surface area (Å²) in [5.74, 6) is 0.671. The van der Waals surface area contributed by atoms with Gasteiger partial charge in [0.05, 0.1) is 23.1 Å². The van der Waals surface area contributed by atoms with Crippen LogP contribution >= 0.6 is 11.8 Å². The van der Waals surface area contributed by atoms with Crippen molar-refractivity contribution >= 4 is 23.4 Å². The van der Waals surface area contributed by atoms with Gasteiger partial charge in [0.15, 0.2) is 0 Å². The lowest BCUT2D eigenvalue weighted by atomic mass is 10.2. The minimum absolute atomic E-state index is 0.0983. The Hall–Kier alpha value is -1.51. The van der Waals surface area contributed by atoms with Crippen LogP contribution in [-0.2, 0) is 9.53 Å². The van der Waals surface area contributed by atoms with Crippen molar-refractivity contribution in [2.24, 2.45) is 0 Å². The number of nitriles is 1. The van der Waals surface area contributed by atoms with Crippen LogP contribution in [0.2, 0.25) is 0 Å². The molecular formula is C13H16N2O2S. The van der Waals surface area contributed by atoms with Crippen molar-refractivity contribution in [1.82, 2.24) is 0 Å². The molecule has 0 spiro atoms. The van der Waals surface area contributed by atoms with Gasteiger partial charge in [0.2, 0.25) is 5.91 Å². The summed E-state index contributed by atoms with van der Waals surface area (Å²) in [6.07, 6.45) is 0. The van der Waals surface area contributed by atoms with Gasteiger partial charge in [-0.25, -0.2) is 0 Å². The molecule has 1 N–H and O–H groups in total. The van der Waals surface area contributed by atoms with Crippen LogP contribution in [0.1, 0.15) is 12.5 Å². The molecule has 0 radical (unpaired) electrons. The van der Waals surface area contributed by atoms with Crippen LogP contribution in [0.4, 0.5) is 5.69 Å². The second kappa shape index (κ2) is 7.75. The van der Waals surface area contributed by atoms with Gasteiger partial charge in [-0.2, -0.15) is 5.26 Å². The number of nitrogens with zero attached hydrogens (tertiary/aromatic N) is 1. The van der Waals surface area contributed by atoms with Crippen LogP contribution in [0.15, 0.2) is 24.3 Å². The lowest BCUT2D eigenvalue weighted by Gasteiger charge is -2.12. The zero-order valence-electron chi connectivity index (χ0n) is 10.5. The van der Waals surface area contributed by atoms with Gasteiger partial charge in [-0.3, -0.25) is 4.79 Å². The van der Waals surface area contributed by atoms with Crippen molar-refractivity contribution in [3.63, 3.8) is 0 Å². The highest BCUT2D eigenvalue weighted by Gasteiger charge is 2.14. The van der Waals surface area contributed by atoms with E-state index in [9.17, 15) is 4.79 Å². The molecule has 0 saturated carbocycles. The minimum Gasteiger partial charge on any atom is -0.384 e. The van der Waals surface area contributed by atoms with E-state index in [0.29, 0.717) is 17.9 Å². The van der Waals surface area contributed by atoms with E-state index in [2.05, 4.69) is 11.4 Å². The van der Waals surface area contributed by atoms with E-state index in [1.54, 1.807) is 31.4 Å². The molecule has 1 atom stereocenters. The van der Waals surface area contributed by atoms with Gasteiger partial charge in [-0.15, -0.1) is 11.8 Å². The smallest absolute Gasteiger partial charge is 0.237 e. The molecule has 0 aliphatic carbocycles. The van der Waals surface area contributed by atoms with Gasteiger partial charge in [0, 0.05) is 12.9 Å². The van der Waals surface area contributed by atoms with Gasteiger partial charge in [-0.1, -0.05) is 12.1 Å². The van der Waals surface area contributed by atoms with Crippen LogP contribution in [0.5, 0.6) is 0 Å². The maximum absolute atomic E-state index is 11.9. The fourth-order valence-electron chi connectivity index (χ4n) is 1.31. The SMILES string of the molecule is COCCSC(C)C(=O)Nc1ccccc1C#N. The summed E-state index contributed by atoms with van der Waals surface area (Å²) in [6, 6.07) is 9.01. The van der Waals surface area contributed by atoms with E-state index in [-0.39, 0.29) is 11.2 Å². The van der Waals surface area contributed by atoms with E-state index in [4.69, 9.17) is 10.00 Å². The number of methoxy groups -OCH3 is 1. The number of para-hydroxylation sites is 1. The van der Waals surface area contributed by atoms with Crippen molar-refractivity contribution in [3.8, 4) is 6.07 Å². The van der Waals surface area contributed by atoms with Crippen LogP contribution in [0.25, 0.3) is 0 Å². The second-order valence-electron chi connectivity index (χ2n) is 3.65. The third kappa shape index (κ3) is 4.40. The quantitative estimate of drug-likeness (QED) is 0.801. The summed E-state index contributed by atoms with van der Waals surface area (Å²) in [5.41, 5.74) is 1.03. The number of benzene rings is 1. The number of carbonyl (C=O) groups is 1. The minimum atomic E-state index is -0.174. The maximum Gasteiger partial charge on any atom is 0.237 e. The van der Waals surface area contributed by atoms with E-state index in [1.807, 2.05) is 6.92 Å². The first kappa shape index (κ1) is 14.6. The third-order valence-electron chi connectivity index (χ3n) is 2.33. The van der Waals surface area contributed by atoms with Gasteiger partial charge < -0.3 is 10.1 Å². The number of ether oxygens (including phenoxy) is 1. The Labute approximate surface area is 111 Å². The Morgan fingerprint density at radius 2 is 2.28 bits per heavy atom. The van der Waals surface area contributed by atoms with Crippen molar-refractivity contribution in [2.45, 2.75) is 12.2 Å². The summed E-state index contributed by atoms with van der Waals surface area (Å²) in [4.78, 5) is 11.9. The zero-order valence-corrected chi connectivity index (χ0v) is 11.3. The molecule has 18 heavy (non-hydrogen) atoms. The highest BCUT2D eigenvalue weighted by molar-refractivity contribution is 8.00. The first-order valence-corrected chi connectivity index (χ1v) is 6.64. The molecule has 1 amide bonds.